The third-order valence-corrected chi connectivity index (χ3v) is 5.43. The van der Waals surface area contributed by atoms with Gasteiger partial charge in [-0.2, -0.15) is 0 Å². The van der Waals surface area contributed by atoms with Gasteiger partial charge in [0, 0.05) is 32.2 Å². The Morgan fingerprint density at radius 2 is 1.93 bits per heavy atom. The largest absolute Gasteiger partial charge is 0.467 e. The maximum atomic E-state index is 12.5. The Hall–Kier alpha value is -1.28. The van der Waals surface area contributed by atoms with Gasteiger partial charge in [-0.3, -0.25) is 14.5 Å². The number of piperazine rings is 1. The van der Waals surface area contributed by atoms with Crippen LogP contribution in [0.2, 0.25) is 0 Å². The smallest absolute Gasteiger partial charge is 0.257 e. The second-order valence-electron chi connectivity index (χ2n) is 7.61. The quantitative estimate of drug-likeness (QED) is 0.739. The van der Waals surface area contributed by atoms with Crippen molar-refractivity contribution in [2.75, 3.05) is 32.7 Å². The molecule has 2 atom stereocenters. The first-order valence-electron chi connectivity index (χ1n) is 9.63. The first-order chi connectivity index (χ1) is 12.5. The van der Waals surface area contributed by atoms with Gasteiger partial charge in [0.05, 0.1) is 18.7 Å². The molecule has 1 aromatic rings. The zero-order chi connectivity index (χ0) is 18.5. The van der Waals surface area contributed by atoms with Crippen LogP contribution in [0.25, 0.3) is 0 Å². The lowest BCUT2D eigenvalue weighted by Crippen LogP contribution is -2.52. The third kappa shape index (κ3) is 6.65. The van der Waals surface area contributed by atoms with Gasteiger partial charge in [-0.1, -0.05) is 19.8 Å². The van der Waals surface area contributed by atoms with Crippen LogP contribution in [0.3, 0.4) is 0 Å². The van der Waals surface area contributed by atoms with Gasteiger partial charge in [0.15, 0.2) is 0 Å². The molecule has 2 amide bonds. The summed E-state index contributed by atoms with van der Waals surface area (Å²) in [6.07, 6.45) is 6.12. The van der Waals surface area contributed by atoms with Crippen molar-refractivity contribution >= 4 is 36.6 Å². The van der Waals surface area contributed by atoms with Gasteiger partial charge in [-0.15, -0.1) is 24.8 Å². The molecule has 1 saturated carbocycles. The molecular weight excluding hydrogens is 403 g/mol. The third-order valence-electron chi connectivity index (χ3n) is 5.43. The van der Waals surface area contributed by atoms with E-state index in [1.807, 2.05) is 4.90 Å². The lowest BCUT2D eigenvalue weighted by atomic mass is 9.87. The van der Waals surface area contributed by atoms with E-state index in [0.29, 0.717) is 56.0 Å². The van der Waals surface area contributed by atoms with Gasteiger partial charge in [-0.05, 0) is 24.8 Å². The Balaban J connectivity index is 0.00000196. The van der Waals surface area contributed by atoms with Gasteiger partial charge in [0.1, 0.15) is 12.0 Å². The first-order valence-corrected chi connectivity index (χ1v) is 9.63. The van der Waals surface area contributed by atoms with E-state index in [-0.39, 0.29) is 43.2 Å². The highest BCUT2D eigenvalue weighted by molar-refractivity contribution is 5.94. The minimum absolute atomic E-state index is 0. The molecule has 3 rings (SSSR count). The number of halogens is 2. The fraction of sp³-hybridized carbons (Fsp3) is 0.684. The van der Waals surface area contributed by atoms with Crippen molar-refractivity contribution in [2.24, 2.45) is 11.7 Å². The molecule has 0 radical (unpaired) electrons. The van der Waals surface area contributed by atoms with Crippen molar-refractivity contribution < 1.29 is 14.0 Å². The van der Waals surface area contributed by atoms with Crippen molar-refractivity contribution in [2.45, 2.75) is 45.2 Å². The summed E-state index contributed by atoms with van der Waals surface area (Å²) in [7, 11) is 0. The average molecular weight is 435 g/mol. The second-order valence-corrected chi connectivity index (χ2v) is 7.61. The molecule has 1 aliphatic carbocycles. The Kier molecular flexibility index (Phi) is 10.3. The summed E-state index contributed by atoms with van der Waals surface area (Å²) in [5, 5.41) is 3.18. The maximum Gasteiger partial charge on any atom is 0.257 e. The van der Waals surface area contributed by atoms with Crippen molar-refractivity contribution in [1.82, 2.24) is 15.1 Å². The molecule has 2 unspecified atom stereocenters. The Bertz CT molecular complexity index is 632. The van der Waals surface area contributed by atoms with Crippen LogP contribution in [0.4, 0.5) is 0 Å². The number of hydrogen-bond acceptors (Lipinski definition) is 5. The molecule has 2 heterocycles. The van der Waals surface area contributed by atoms with Crippen molar-refractivity contribution in [1.29, 1.82) is 0 Å². The van der Waals surface area contributed by atoms with Crippen LogP contribution in [0.1, 0.15) is 48.7 Å². The molecule has 7 nitrogen and oxygen atoms in total. The van der Waals surface area contributed by atoms with E-state index in [9.17, 15) is 9.59 Å². The number of furan rings is 1. The van der Waals surface area contributed by atoms with E-state index in [0.717, 1.165) is 12.8 Å². The normalized spacial score (nSPS) is 22.7. The topological polar surface area (TPSA) is 91.8 Å². The van der Waals surface area contributed by atoms with E-state index in [1.54, 1.807) is 6.07 Å². The van der Waals surface area contributed by atoms with Crippen LogP contribution in [-0.2, 0) is 11.3 Å². The molecule has 28 heavy (non-hydrogen) atoms. The number of nitrogens with one attached hydrogen (secondary N) is 1. The molecule has 1 aromatic heterocycles. The van der Waals surface area contributed by atoms with Gasteiger partial charge in [0.2, 0.25) is 5.91 Å². The van der Waals surface area contributed by atoms with Crippen LogP contribution in [-0.4, -0.2) is 60.4 Å². The fourth-order valence-electron chi connectivity index (χ4n) is 3.93. The molecule has 2 aliphatic rings. The molecule has 3 N–H and O–H groups in total. The molecule has 0 spiro atoms. The molecule has 0 aromatic carbocycles. The molecule has 1 aliphatic heterocycles. The number of amides is 2. The van der Waals surface area contributed by atoms with Crippen LogP contribution in [0.15, 0.2) is 16.7 Å². The highest BCUT2D eigenvalue weighted by Crippen LogP contribution is 2.23. The second kappa shape index (κ2) is 11.7. The fourth-order valence-corrected chi connectivity index (χ4v) is 3.93. The van der Waals surface area contributed by atoms with Gasteiger partial charge in [-0.25, -0.2) is 0 Å². The summed E-state index contributed by atoms with van der Waals surface area (Å²) >= 11 is 0. The van der Waals surface area contributed by atoms with E-state index in [2.05, 4.69) is 17.1 Å². The summed E-state index contributed by atoms with van der Waals surface area (Å²) in [5.41, 5.74) is 6.06. The lowest BCUT2D eigenvalue weighted by molar-refractivity contribution is -0.123. The Morgan fingerprint density at radius 1 is 1.21 bits per heavy atom. The standard InChI is InChI=1S/C19H30N4O3.2ClH/c1-14-3-2-4-16(9-14)21-18(24)12-22-5-7-23(8-6-22)19(25)15-10-17(11-20)26-13-15;;/h10,13-14,16H,2-9,11-12,20H2,1H3,(H,21,24);2*1H. The van der Waals surface area contributed by atoms with Crippen LogP contribution < -0.4 is 11.1 Å². The number of nitrogens with two attached hydrogens (primary N) is 1. The lowest BCUT2D eigenvalue weighted by Gasteiger charge is -2.34. The summed E-state index contributed by atoms with van der Waals surface area (Å²) in [4.78, 5) is 28.7. The van der Waals surface area contributed by atoms with E-state index >= 15 is 0 Å². The molecule has 9 heteroatoms. The monoisotopic (exact) mass is 434 g/mol. The van der Waals surface area contributed by atoms with E-state index in [4.69, 9.17) is 10.2 Å². The van der Waals surface area contributed by atoms with E-state index in [1.165, 1.54) is 19.1 Å². The predicted octanol–water partition coefficient (Wildman–Crippen LogP) is 2.03. The van der Waals surface area contributed by atoms with Gasteiger partial charge >= 0.3 is 0 Å². The summed E-state index contributed by atoms with van der Waals surface area (Å²) in [5.74, 6) is 1.38. The predicted molar refractivity (Wildman–Crippen MR) is 113 cm³/mol. The molecule has 160 valence electrons. The summed E-state index contributed by atoms with van der Waals surface area (Å²) < 4.78 is 5.24. The number of rotatable bonds is 5. The van der Waals surface area contributed by atoms with Gasteiger partial charge < -0.3 is 20.4 Å². The Morgan fingerprint density at radius 3 is 2.54 bits per heavy atom. The van der Waals surface area contributed by atoms with Crippen molar-refractivity contribution in [3.63, 3.8) is 0 Å². The number of nitrogens with zero attached hydrogens (tertiary/aromatic N) is 2. The highest BCUT2D eigenvalue weighted by Gasteiger charge is 2.25. The van der Waals surface area contributed by atoms with Crippen molar-refractivity contribution in [3.8, 4) is 0 Å². The van der Waals surface area contributed by atoms with Gasteiger partial charge in [0.25, 0.3) is 5.91 Å². The minimum atomic E-state index is -0.0336. The highest BCUT2D eigenvalue weighted by atomic mass is 35.5. The zero-order valence-electron chi connectivity index (χ0n) is 16.4. The van der Waals surface area contributed by atoms with Crippen molar-refractivity contribution in [3.05, 3.63) is 23.7 Å². The van der Waals surface area contributed by atoms with Crippen LogP contribution in [0.5, 0.6) is 0 Å². The average Bonchev–Trinajstić information content (AvgIpc) is 3.11. The molecule has 1 saturated heterocycles. The number of carbonyl (C=O) groups excluding carboxylic acids is 2. The zero-order valence-corrected chi connectivity index (χ0v) is 18.0. The SMILES string of the molecule is CC1CCCC(NC(=O)CN2CCN(C(=O)c3coc(CN)c3)CC2)C1.Cl.Cl. The molecule has 2 fully saturated rings. The van der Waals surface area contributed by atoms with Crippen LogP contribution >= 0.6 is 24.8 Å². The van der Waals surface area contributed by atoms with E-state index < -0.39 is 0 Å². The summed E-state index contributed by atoms with van der Waals surface area (Å²) in [6.45, 7) is 5.62. The number of hydrogen-bond donors (Lipinski definition) is 2. The molecule has 0 bridgehead atoms. The Labute approximate surface area is 179 Å². The van der Waals surface area contributed by atoms with Crippen LogP contribution in [0, 0.1) is 5.92 Å². The maximum absolute atomic E-state index is 12.5. The number of carbonyl (C=O) groups is 2. The molecular formula is C19H32Cl2N4O3. The minimum Gasteiger partial charge on any atom is -0.467 e. The first kappa shape index (κ1) is 24.8. The summed E-state index contributed by atoms with van der Waals surface area (Å²) in [6, 6.07) is 2.03.